The first-order valence-corrected chi connectivity index (χ1v) is 9.77. The average Bonchev–Trinajstić information content (AvgIpc) is 2.74. The molecule has 4 heteroatoms. The Labute approximate surface area is 166 Å². The second-order valence-electron chi connectivity index (χ2n) is 5.94. The molecule has 1 aromatic heterocycles. The zero-order valence-corrected chi connectivity index (χ0v) is 16.4. The van der Waals surface area contributed by atoms with Crippen LogP contribution in [0.5, 0.6) is 5.75 Å². The van der Waals surface area contributed by atoms with Crippen molar-refractivity contribution >= 4 is 26.8 Å². The summed E-state index contributed by atoms with van der Waals surface area (Å²) >= 11 is 3.36. The van der Waals surface area contributed by atoms with Crippen molar-refractivity contribution in [2.45, 2.75) is 11.9 Å². The lowest BCUT2D eigenvalue weighted by Gasteiger charge is -2.08. The molecule has 0 saturated carbocycles. The highest BCUT2D eigenvalue weighted by atomic mass is 79.9. The number of rotatable bonds is 4. The van der Waals surface area contributed by atoms with E-state index in [-0.39, 0.29) is 5.56 Å². The van der Waals surface area contributed by atoms with E-state index in [0.717, 1.165) is 21.8 Å². The molecule has 0 radical (unpaired) electrons. The van der Waals surface area contributed by atoms with E-state index >= 15 is 0 Å². The van der Waals surface area contributed by atoms with Crippen LogP contribution >= 0.6 is 15.9 Å². The molecule has 0 atom stereocenters. The minimum atomic E-state index is -0.122. The van der Waals surface area contributed by atoms with Gasteiger partial charge in [-0.2, -0.15) is 0 Å². The van der Waals surface area contributed by atoms with Crippen molar-refractivity contribution < 1.29 is 4.74 Å². The molecule has 3 nitrogen and oxygen atoms in total. The predicted molar refractivity (Wildman–Crippen MR) is 114 cm³/mol. The number of H-pyrrole nitrogens is 1. The van der Waals surface area contributed by atoms with Crippen LogP contribution in [-0.4, -0.2) is 4.98 Å². The molecule has 1 N–H and O–H groups in total. The molecule has 0 aliphatic carbocycles. The van der Waals surface area contributed by atoms with Crippen LogP contribution in [0, 0.1) is 0 Å². The van der Waals surface area contributed by atoms with Gasteiger partial charge in [0.25, 0.3) is 0 Å². The second kappa shape index (κ2) is 9.74. The number of pyridine rings is 1. The SMILES string of the molecule is BrCc1ccccc1.O=c1ccc2cccc(OCc3ccccc3)c2[nH]1. The molecular weight excluding hydrogens is 402 g/mol. The zero-order valence-electron chi connectivity index (χ0n) is 14.8. The molecule has 136 valence electrons. The highest BCUT2D eigenvalue weighted by molar-refractivity contribution is 9.08. The first-order chi connectivity index (χ1) is 13.3. The number of aromatic amines is 1. The predicted octanol–water partition coefficient (Wildman–Crippen LogP) is 5.69. The molecule has 3 aromatic carbocycles. The van der Waals surface area contributed by atoms with E-state index in [1.54, 1.807) is 6.07 Å². The molecule has 0 unspecified atom stereocenters. The first kappa shape index (κ1) is 18.9. The van der Waals surface area contributed by atoms with E-state index in [9.17, 15) is 4.79 Å². The van der Waals surface area contributed by atoms with Crippen LogP contribution in [0.1, 0.15) is 11.1 Å². The maximum absolute atomic E-state index is 11.4. The largest absolute Gasteiger partial charge is 0.487 e. The summed E-state index contributed by atoms with van der Waals surface area (Å²) in [4.78, 5) is 14.2. The molecule has 0 amide bonds. The lowest BCUT2D eigenvalue weighted by atomic mass is 10.2. The monoisotopic (exact) mass is 421 g/mol. The Bertz CT molecular complexity index is 1030. The Hall–Kier alpha value is -2.85. The Morgan fingerprint density at radius 3 is 2.04 bits per heavy atom. The van der Waals surface area contributed by atoms with Gasteiger partial charge in [0.2, 0.25) is 5.56 Å². The first-order valence-electron chi connectivity index (χ1n) is 8.65. The number of benzene rings is 3. The van der Waals surface area contributed by atoms with Crippen molar-refractivity contribution in [3.8, 4) is 5.75 Å². The summed E-state index contributed by atoms with van der Waals surface area (Å²) in [5.74, 6) is 0.694. The van der Waals surface area contributed by atoms with E-state index in [1.165, 1.54) is 11.6 Å². The Morgan fingerprint density at radius 1 is 0.741 bits per heavy atom. The minimum absolute atomic E-state index is 0.122. The lowest BCUT2D eigenvalue weighted by Crippen LogP contribution is -2.04. The van der Waals surface area contributed by atoms with Gasteiger partial charge in [-0.3, -0.25) is 4.79 Å². The third-order valence-electron chi connectivity index (χ3n) is 3.96. The van der Waals surface area contributed by atoms with Gasteiger partial charge in [0, 0.05) is 16.8 Å². The van der Waals surface area contributed by atoms with Crippen molar-refractivity contribution in [1.82, 2.24) is 4.98 Å². The Morgan fingerprint density at radius 2 is 1.41 bits per heavy atom. The Balaban J connectivity index is 0.000000221. The highest BCUT2D eigenvalue weighted by Gasteiger charge is 2.03. The minimum Gasteiger partial charge on any atom is -0.487 e. The molecule has 0 saturated heterocycles. The maximum Gasteiger partial charge on any atom is 0.248 e. The smallest absolute Gasteiger partial charge is 0.248 e. The van der Waals surface area contributed by atoms with E-state index in [4.69, 9.17) is 4.74 Å². The molecule has 1 heterocycles. The quantitative estimate of drug-likeness (QED) is 0.430. The van der Waals surface area contributed by atoms with Crippen LogP contribution in [0.15, 0.2) is 95.8 Å². The van der Waals surface area contributed by atoms with Gasteiger partial charge in [0.1, 0.15) is 12.4 Å². The molecule has 27 heavy (non-hydrogen) atoms. The zero-order chi connectivity index (χ0) is 18.9. The van der Waals surface area contributed by atoms with Gasteiger partial charge in [-0.1, -0.05) is 88.7 Å². The fourth-order valence-electron chi connectivity index (χ4n) is 2.57. The van der Waals surface area contributed by atoms with Crippen molar-refractivity contribution in [1.29, 1.82) is 0 Å². The Kier molecular flexibility index (Phi) is 6.83. The van der Waals surface area contributed by atoms with Gasteiger partial charge in [0.15, 0.2) is 0 Å². The number of halogens is 1. The molecular formula is C23H20BrNO2. The molecule has 0 bridgehead atoms. The number of nitrogens with one attached hydrogen (secondary N) is 1. The van der Waals surface area contributed by atoms with E-state index in [1.807, 2.05) is 66.7 Å². The fraction of sp³-hybridized carbons (Fsp3) is 0.0870. The molecule has 0 fully saturated rings. The van der Waals surface area contributed by atoms with Gasteiger partial charge >= 0.3 is 0 Å². The third kappa shape index (κ3) is 5.56. The van der Waals surface area contributed by atoms with E-state index in [2.05, 4.69) is 33.0 Å². The molecule has 0 spiro atoms. The van der Waals surface area contributed by atoms with Crippen LogP contribution < -0.4 is 10.3 Å². The number of ether oxygens (including phenoxy) is 1. The standard InChI is InChI=1S/C16H13NO2.C7H7Br/c18-15-10-9-13-7-4-8-14(16(13)17-15)19-11-12-5-2-1-3-6-12;8-6-7-4-2-1-3-5-7/h1-10H,11H2,(H,17,18);1-5H,6H2. The van der Waals surface area contributed by atoms with Gasteiger partial charge < -0.3 is 9.72 Å². The summed E-state index contributed by atoms with van der Waals surface area (Å²) in [6.07, 6.45) is 0. The van der Waals surface area contributed by atoms with Gasteiger partial charge in [-0.25, -0.2) is 0 Å². The van der Waals surface area contributed by atoms with Crippen LogP contribution in [0.4, 0.5) is 0 Å². The summed E-state index contributed by atoms with van der Waals surface area (Å²) in [6, 6.07) is 29.3. The van der Waals surface area contributed by atoms with Crippen molar-refractivity contribution in [2.24, 2.45) is 0 Å². The number of hydrogen-bond donors (Lipinski definition) is 1. The van der Waals surface area contributed by atoms with Crippen molar-refractivity contribution in [3.05, 3.63) is 112 Å². The fourth-order valence-corrected chi connectivity index (χ4v) is 2.95. The number of fused-ring (bicyclic) bond motifs is 1. The number of para-hydroxylation sites is 1. The van der Waals surface area contributed by atoms with Crippen LogP contribution in [0.3, 0.4) is 0 Å². The molecule has 0 aliphatic heterocycles. The lowest BCUT2D eigenvalue weighted by molar-refractivity contribution is 0.309. The normalized spacial score (nSPS) is 10.1. The summed E-state index contributed by atoms with van der Waals surface area (Å²) in [5.41, 5.74) is 3.04. The summed E-state index contributed by atoms with van der Waals surface area (Å²) in [6.45, 7) is 0.483. The van der Waals surface area contributed by atoms with Crippen molar-refractivity contribution in [2.75, 3.05) is 0 Å². The number of aromatic nitrogens is 1. The second-order valence-corrected chi connectivity index (χ2v) is 6.50. The van der Waals surface area contributed by atoms with Gasteiger partial charge in [-0.15, -0.1) is 0 Å². The molecule has 0 aliphatic rings. The van der Waals surface area contributed by atoms with E-state index < -0.39 is 0 Å². The highest BCUT2D eigenvalue weighted by Crippen LogP contribution is 2.22. The maximum atomic E-state index is 11.4. The average molecular weight is 422 g/mol. The van der Waals surface area contributed by atoms with Gasteiger partial charge in [0.05, 0.1) is 5.52 Å². The summed E-state index contributed by atoms with van der Waals surface area (Å²) < 4.78 is 5.79. The van der Waals surface area contributed by atoms with Crippen LogP contribution in [-0.2, 0) is 11.9 Å². The van der Waals surface area contributed by atoms with Crippen molar-refractivity contribution in [3.63, 3.8) is 0 Å². The number of alkyl halides is 1. The molecule has 4 rings (SSSR count). The summed E-state index contributed by atoms with van der Waals surface area (Å²) in [7, 11) is 0. The number of hydrogen-bond acceptors (Lipinski definition) is 2. The van der Waals surface area contributed by atoms with Crippen LogP contribution in [0.25, 0.3) is 10.9 Å². The third-order valence-corrected chi connectivity index (χ3v) is 4.60. The van der Waals surface area contributed by atoms with E-state index in [0.29, 0.717) is 12.4 Å². The van der Waals surface area contributed by atoms with Crippen LogP contribution in [0.2, 0.25) is 0 Å². The topological polar surface area (TPSA) is 42.1 Å². The molecule has 4 aromatic rings. The van der Waals surface area contributed by atoms with Gasteiger partial charge in [-0.05, 0) is 23.3 Å². The summed E-state index contributed by atoms with van der Waals surface area (Å²) in [5, 5.41) is 1.92.